The summed E-state index contributed by atoms with van der Waals surface area (Å²) in [5, 5.41) is 0. The molecule has 4 heteroatoms. The van der Waals surface area contributed by atoms with E-state index in [1.807, 2.05) is 0 Å². The predicted molar refractivity (Wildman–Crippen MR) is 377 cm³/mol. The minimum atomic E-state index is 0.0147. The molecule has 0 heterocycles. The zero-order chi connectivity index (χ0) is 61.1. The summed E-state index contributed by atoms with van der Waals surface area (Å²) in [6.07, 6.45) is 98.2. The van der Waals surface area contributed by atoms with Gasteiger partial charge in [-0.3, -0.25) is 9.59 Å². The summed E-state index contributed by atoms with van der Waals surface area (Å²) in [6.45, 7) is 12.8. The van der Waals surface area contributed by atoms with E-state index in [-0.39, 0.29) is 11.9 Å². The normalized spacial score (nSPS) is 11.7. The number of hydrogen-bond acceptors (Lipinski definition) is 4. The lowest BCUT2D eigenvalue weighted by molar-refractivity contribution is -0.144. The zero-order valence-electron chi connectivity index (χ0n) is 58.3. The van der Waals surface area contributed by atoms with E-state index in [9.17, 15) is 9.59 Å². The van der Waals surface area contributed by atoms with Gasteiger partial charge in [-0.1, -0.05) is 366 Å². The highest BCUT2D eigenvalue weighted by Gasteiger charge is 2.05. The van der Waals surface area contributed by atoms with Crippen molar-refractivity contribution in [3.05, 3.63) is 36.5 Å². The van der Waals surface area contributed by atoms with Gasteiger partial charge in [0.1, 0.15) is 0 Å². The third kappa shape index (κ3) is 82.2. The van der Waals surface area contributed by atoms with Crippen molar-refractivity contribution < 1.29 is 19.1 Å². The molecule has 0 spiro atoms. The van der Waals surface area contributed by atoms with E-state index in [1.165, 1.54) is 366 Å². The molecular weight excluding hydrogens is 1020 g/mol. The van der Waals surface area contributed by atoms with Crippen LogP contribution in [0, 0.1) is 5.92 Å². The second-order valence-corrected chi connectivity index (χ2v) is 26.7. The van der Waals surface area contributed by atoms with E-state index in [1.54, 1.807) is 0 Å². The number of ether oxygens (including phenoxy) is 2. The lowest BCUT2D eigenvalue weighted by Crippen LogP contribution is -2.05. The lowest BCUT2D eigenvalue weighted by Gasteiger charge is -2.06. The predicted octanol–water partition coefficient (Wildman–Crippen LogP) is 28.4. The van der Waals surface area contributed by atoms with Crippen molar-refractivity contribution in [3.8, 4) is 0 Å². The Hall–Kier alpha value is -1.84. The van der Waals surface area contributed by atoms with Gasteiger partial charge in [-0.15, -0.1) is 0 Å². The fraction of sp³-hybridized carbons (Fsp3) is 0.900. The van der Waals surface area contributed by atoms with Crippen molar-refractivity contribution in [3.63, 3.8) is 0 Å². The topological polar surface area (TPSA) is 52.6 Å². The number of hydrogen-bond donors (Lipinski definition) is 0. The molecule has 0 bridgehead atoms. The van der Waals surface area contributed by atoms with Crippen LogP contribution in [0.15, 0.2) is 36.5 Å². The van der Waals surface area contributed by atoms with Gasteiger partial charge < -0.3 is 9.47 Å². The van der Waals surface area contributed by atoms with Gasteiger partial charge in [-0.05, 0) is 109 Å². The molecule has 0 aromatic rings. The fourth-order valence-electron chi connectivity index (χ4n) is 11.6. The highest BCUT2D eigenvalue weighted by molar-refractivity contribution is 5.69. The summed E-state index contributed by atoms with van der Waals surface area (Å²) in [5.74, 6) is 0.908. The summed E-state index contributed by atoms with van der Waals surface area (Å²) < 4.78 is 10.9. The molecule has 0 aliphatic heterocycles. The van der Waals surface area contributed by atoms with Crippen LogP contribution in [0.3, 0.4) is 0 Å². The molecule has 0 fully saturated rings. The average Bonchev–Trinajstić information content (AvgIpc) is 3.49. The molecule has 0 saturated heterocycles. The second kappa shape index (κ2) is 79.2. The van der Waals surface area contributed by atoms with Crippen LogP contribution >= 0.6 is 0 Å². The molecule has 0 unspecified atom stereocenters. The first kappa shape index (κ1) is 84.2. The van der Waals surface area contributed by atoms with Crippen molar-refractivity contribution in [1.82, 2.24) is 0 Å². The molecule has 0 aromatic heterocycles. The molecule has 0 saturated carbocycles. The number of carbonyl (C=O) groups is 2. The first-order chi connectivity index (χ1) is 41.5. The number of rotatable bonds is 70. The summed E-state index contributed by atoms with van der Waals surface area (Å²) in [4.78, 5) is 23.9. The lowest BCUT2D eigenvalue weighted by atomic mass is 10.0. The zero-order valence-corrected chi connectivity index (χ0v) is 58.3. The van der Waals surface area contributed by atoms with Crippen molar-refractivity contribution >= 4 is 11.9 Å². The van der Waals surface area contributed by atoms with Crippen LogP contribution in [0.4, 0.5) is 0 Å². The third-order valence-corrected chi connectivity index (χ3v) is 17.4. The van der Waals surface area contributed by atoms with E-state index < -0.39 is 0 Å². The molecule has 0 rings (SSSR count). The van der Waals surface area contributed by atoms with Crippen molar-refractivity contribution in [2.45, 2.75) is 446 Å². The molecule has 0 radical (unpaired) electrons. The van der Waals surface area contributed by atoms with Gasteiger partial charge >= 0.3 is 11.9 Å². The number of unbranched alkanes of at least 4 members (excludes halogenated alkanes) is 54. The quantitative estimate of drug-likeness (QED) is 0.0346. The maximum Gasteiger partial charge on any atom is 0.305 e. The third-order valence-electron chi connectivity index (χ3n) is 17.4. The number of esters is 2. The Labute approximate surface area is 529 Å². The molecule has 0 N–H and O–H groups in total. The van der Waals surface area contributed by atoms with E-state index in [4.69, 9.17) is 9.47 Å². The number of carbonyl (C=O) groups excluding carboxylic acids is 2. The summed E-state index contributed by atoms with van der Waals surface area (Å²) >= 11 is 0. The van der Waals surface area contributed by atoms with Crippen LogP contribution in [0.1, 0.15) is 446 Å². The van der Waals surface area contributed by atoms with Gasteiger partial charge in [0.05, 0.1) is 13.2 Å². The van der Waals surface area contributed by atoms with Gasteiger partial charge in [0.25, 0.3) is 0 Å². The van der Waals surface area contributed by atoms with Gasteiger partial charge in [0.15, 0.2) is 0 Å². The Bertz CT molecular complexity index is 1300. The molecule has 0 atom stereocenters. The van der Waals surface area contributed by atoms with Gasteiger partial charge in [0, 0.05) is 12.8 Å². The van der Waals surface area contributed by atoms with E-state index in [0.29, 0.717) is 26.1 Å². The first-order valence-corrected chi connectivity index (χ1v) is 38.7. The Morgan fingerprint density at radius 2 is 0.417 bits per heavy atom. The summed E-state index contributed by atoms with van der Waals surface area (Å²) in [6, 6.07) is 0. The van der Waals surface area contributed by atoms with Crippen molar-refractivity contribution in [1.29, 1.82) is 0 Å². The standard InChI is InChI=1S/C40H78O2.C40H76O2/c1-4-5-6-7-8-9-10-11-12-13-14-15-16-17-20-23-26-29-32-35-38-42-40(41)37-34-31-28-25-22-19-18-21-24-27-30-33-36-39(2)3;1-3-5-7-9-11-13-15-17-19-20-21-22-23-25-27-29-31-33-35-37-39-42-40(41)38-36-34-32-30-28-26-24-18-16-14-12-10-8-6-4-2/h11-12,39H,4-10,13-38H2,1-3H3;17-19,24H,3-16,20-23,25-39H2,1-2H3/b12-11-;19-17-,24-18-. The monoisotopic (exact) mass is 1180 g/mol. The number of allylic oxidation sites excluding steroid dienone is 6. The van der Waals surface area contributed by atoms with Crippen LogP contribution < -0.4 is 0 Å². The second-order valence-electron chi connectivity index (χ2n) is 26.7. The maximum absolute atomic E-state index is 12.0. The van der Waals surface area contributed by atoms with Crippen LogP contribution in [0.5, 0.6) is 0 Å². The SMILES string of the molecule is CCCCCCCC/C=C\CCCCCCCCCCCCOC(=O)CCCCCCC/C=C\CCCCCCCC.CCCCCCCC/C=C\CCCCCCCCCCCCOC(=O)CCCCCCCCCCCCCCC(C)C. The molecule has 0 amide bonds. The summed E-state index contributed by atoms with van der Waals surface area (Å²) in [5.41, 5.74) is 0. The highest BCUT2D eigenvalue weighted by atomic mass is 16.5. The Kier molecular flexibility index (Phi) is 79.4. The van der Waals surface area contributed by atoms with Gasteiger partial charge in [-0.2, -0.15) is 0 Å². The summed E-state index contributed by atoms with van der Waals surface area (Å²) in [7, 11) is 0. The molecular formula is C80H154O4. The largest absolute Gasteiger partial charge is 0.466 e. The smallest absolute Gasteiger partial charge is 0.305 e. The molecule has 0 aliphatic carbocycles. The molecule has 498 valence electrons. The Morgan fingerprint density at radius 1 is 0.238 bits per heavy atom. The van der Waals surface area contributed by atoms with E-state index in [0.717, 1.165) is 38.0 Å². The molecule has 4 nitrogen and oxygen atoms in total. The maximum atomic E-state index is 12.0. The minimum absolute atomic E-state index is 0.0147. The van der Waals surface area contributed by atoms with Gasteiger partial charge in [0.2, 0.25) is 0 Å². The van der Waals surface area contributed by atoms with Crippen LogP contribution in [0.2, 0.25) is 0 Å². The Morgan fingerprint density at radius 3 is 0.631 bits per heavy atom. The van der Waals surface area contributed by atoms with Crippen molar-refractivity contribution in [2.24, 2.45) is 5.92 Å². The molecule has 0 aromatic carbocycles. The van der Waals surface area contributed by atoms with E-state index in [2.05, 4.69) is 71.1 Å². The van der Waals surface area contributed by atoms with Crippen LogP contribution in [0.25, 0.3) is 0 Å². The Balaban J connectivity index is 0. The molecule has 0 aliphatic rings. The minimum Gasteiger partial charge on any atom is -0.466 e. The van der Waals surface area contributed by atoms with Crippen LogP contribution in [-0.4, -0.2) is 25.2 Å². The molecule has 84 heavy (non-hydrogen) atoms. The highest BCUT2D eigenvalue weighted by Crippen LogP contribution is 2.18. The van der Waals surface area contributed by atoms with E-state index >= 15 is 0 Å². The van der Waals surface area contributed by atoms with Crippen LogP contribution in [-0.2, 0) is 19.1 Å². The van der Waals surface area contributed by atoms with Crippen molar-refractivity contribution in [2.75, 3.05) is 13.2 Å². The first-order valence-electron chi connectivity index (χ1n) is 38.7. The average molecular weight is 1180 g/mol. The van der Waals surface area contributed by atoms with Gasteiger partial charge in [-0.25, -0.2) is 0 Å². The fourth-order valence-corrected chi connectivity index (χ4v) is 11.6.